The molecule has 2 unspecified atom stereocenters. The zero-order valence-electron chi connectivity index (χ0n) is 12.3. The molecule has 3 nitrogen and oxygen atoms in total. The predicted molar refractivity (Wildman–Crippen MR) is 79.2 cm³/mol. The van der Waals surface area contributed by atoms with Gasteiger partial charge in [-0.25, -0.2) is 0 Å². The van der Waals surface area contributed by atoms with Gasteiger partial charge in [-0.1, -0.05) is 24.3 Å². The summed E-state index contributed by atoms with van der Waals surface area (Å²) in [5, 5.41) is 10.3. The van der Waals surface area contributed by atoms with E-state index in [2.05, 4.69) is 36.9 Å². The maximum Gasteiger partial charge on any atom is 0.0919 e. The summed E-state index contributed by atoms with van der Waals surface area (Å²) in [5.74, 6) is 0.749. The topological polar surface area (TPSA) is 26.7 Å². The van der Waals surface area contributed by atoms with Crippen LogP contribution in [0, 0.1) is 12.8 Å². The molecule has 1 aliphatic heterocycles. The highest BCUT2D eigenvalue weighted by Crippen LogP contribution is 2.20. The predicted octanol–water partition coefficient (Wildman–Crippen LogP) is 1.91. The number of hydrogen-bond acceptors (Lipinski definition) is 3. The van der Waals surface area contributed by atoms with Gasteiger partial charge in [-0.2, -0.15) is 0 Å². The first-order chi connectivity index (χ1) is 9.06. The van der Waals surface area contributed by atoms with E-state index in [0.29, 0.717) is 6.54 Å². The molecule has 106 valence electrons. The number of likely N-dealkylation sites (N-methyl/N-ethyl adjacent to an activating group) is 1. The van der Waals surface area contributed by atoms with E-state index in [1.807, 2.05) is 18.2 Å². The van der Waals surface area contributed by atoms with Gasteiger partial charge in [0.2, 0.25) is 0 Å². The van der Waals surface area contributed by atoms with Gasteiger partial charge in [0.15, 0.2) is 0 Å². The van der Waals surface area contributed by atoms with Crippen LogP contribution in [0.2, 0.25) is 0 Å². The van der Waals surface area contributed by atoms with E-state index in [1.54, 1.807) is 0 Å². The summed E-state index contributed by atoms with van der Waals surface area (Å²) >= 11 is 0. The van der Waals surface area contributed by atoms with Crippen molar-refractivity contribution in [3.63, 3.8) is 0 Å². The minimum atomic E-state index is -0.384. The van der Waals surface area contributed by atoms with Gasteiger partial charge in [-0.15, -0.1) is 0 Å². The Kier molecular flexibility index (Phi) is 4.97. The van der Waals surface area contributed by atoms with Crippen molar-refractivity contribution in [3.05, 3.63) is 35.4 Å². The number of aliphatic hydroxyl groups is 1. The normalized spacial score (nSPS) is 22.1. The van der Waals surface area contributed by atoms with Crippen molar-refractivity contribution in [2.45, 2.75) is 19.4 Å². The van der Waals surface area contributed by atoms with E-state index >= 15 is 0 Å². The molecule has 2 rings (SSSR count). The second kappa shape index (κ2) is 6.51. The van der Waals surface area contributed by atoms with Crippen molar-refractivity contribution >= 4 is 0 Å². The molecule has 0 amide bonds. The van der Waals surface area contributed by atoms with Crippen LogP contribution in [0.4, 0.5) is 0 Å². The summed E-state index contributed by atoms with van der Waals surface area (Å²) in [7, 11) is 4.29. The molecule has 0 spiro atoms. The number of nitrogens with zero attached hydrogens (tertiary/aromatic N) is 2. The van der Waals surface area contributed by atoms with Gasteiger partial charge in [-0.05, 0) is 51.0 Å². The summed E-state index contributed by atoms with van der Waals surface area (Å²) in [5.41, 5.74) is 2.22. The standard InChI is InChI=1S/C16H26N2O/c1-13-6-4-5-7-15(13)16(19)12-18(3)11-14-8-9-17(2)10-14/h4-7,14,16,19H,8-12H2,1-3H3. The molecule has 2 atom stereocenters. The van der Waals surface area contributed by atoms with E-state index in [1.165, 1.54) is 25.1 Å². The van der Waals surface area contributed by atoms with Gasteiger partial charge >= 0.3 is 0 Å². The first kappa shape index (κ1) is 14.5. The Bertz CT molecular complexity index is 407. The molecule has 3 heteroatoms. The van der Waals surface area contributed by atoms with Gasteiger partial charge in [0.25, 0.3) is 0 Å². The van der Waals surface area contributed by atoms with Crippen molar-refractivity contribution in [1.82, 2.24) is 9.80 Å². The van der Waals surface area contributed by atoms with Crippen LogP contribution in [0.15, 0.2) is 24.3 Å². The van der Waals surface area contributed by atoms with Crippen LogP contribution in [0.5, 0.6) is 0 Å². The lowest BCUT2D eigenvalue weighted by molar-refractivity contribution is 0.118. The van der Waals surface area contributed by atoms with E-state index in [-0.39, 0.29) is 6.10 Å². The second-order valence-corrected chi connectivity index (χ2v) is 6.01. The van der Waals surface area contributed by atoms with Gasteiger partial charge < -0.3 is 14.9 Å². The van der Waals surface area contributed by atoms with Crippen molar-refractivity contribution < 1.29 is 5.11 Å². The van der Waals surface area contributed by atoms with Crippen LogP contribution in [-0.2, 0) is 0 Å². The quantitative estimate of drug-likeness (QED) is 0.878. The first-order valence-electron chi connectivity index (χ1n) is 7.17. The Balaban J connectivity index is 1.85. The molecule has 19 heavy (non-hydrogen) atoms. The fourth-order valence-corrected chi connectivity index (χ4v) is 3.04. The third kappa shape index (κ3) is 4.03. The molecule has 0 aromatic heterocycles. The van der Waals surface area contributed by atoms with Crippen molar-refractivity contribution in [2.24, 2.45) is 5.92 Å². The molecule has 1 aliphatic rings. The number of benzene rings is 1. The van der Waals surface area contributed by atoms with Crippen molar-refractivity contribution in [2.75, 3.05) is 40.3 Å². The minimum absolute atomic E-state index is 0.384. The largest absolute Gasteiger partial charge is 0.387 e. The number of likely N-dealkylation sites (tertiary alicyclic amines) is 1. The van der Waals surface area contributed by atoms with Crippen LogP contribution >= 0.6 is 0 Å². The smallest absolute Gasteiger partial charge is 0.0919 e. The monoisotopic (exact) mass is 262 g/mol. The fraction of sp³-hybridized carbons (Fsp3) is 0.625. The third-order valence-electron chi connectivity index (χ3n) is 4.09. The minimum Gasteiger partial charge on any atom is -0.387 e. The summed E-state index contributed by atoms with van der Waals surface area (Å²) in [6.45, 7) is 6.24. The average Bonchev–Trinajstić information content (AvgIpc) is 2.74. The lowest BCUT2D eigenvalue weighted by Gasteiger charge is -2.24. The molecule has 0 saturated carbocycles. The SMILES string of the molecule is Cc1ccccc1C(O)CN(C)CC1CCN(C)C1. The maximum atomic E-state index is 10.3. The molecule has 1 aromatic rings. The summed E-state index contributed by atoms with van der Waals surface area (Å²) in [4.78, 5) is 4.65. The van der Waals surface area contributed by atoms with Gasteiger partial charge in [0.1, 0.15) is 0 Å². The van der Waals surface area contributed by atoms with E-state index in [0.717, 1.165) is 18.0 Å². The Morgan fingerprint density at radius 3 is 2.79 bits per heavy atom. The Labute approximate surface area is 116 Å². The molecule has 1 aromatic carbocycles. The lowest BCUT2D eigenvalue weighted by Crippen LogP contribution is -2.31. The van der Waals surface area contributed by atoms with Crippen LogP contribution in [0.25, 0.3) is 0 Å². The second-order valence-electron chi connectivity index (χ2n) is 6.01. The highest BCUT2D eigenvalue weighted by atomic mass is 16.3. The molecular weight excluding hydrogens is 236 g/mol. The van der Waals surface area contributed by atoms with Gasteiger partial charge in [0, 0.05) is 19.6 Å². The summed E-state index contributed by atoms with van der Waals surface area (Å²) in [6, 6.07) is 8.10. The Morgan fingerprint density at radius 2 is 2.16 bits per heavy atom. The maximum absolute atomic E-state index is 10.3. The van der Waals surface area contributed by atoms with Crippen LogP contribution in [-0.4, -0.2) is 55.2 Å². The van der Waals surface area contributed by atoms with Gasteiger partial charge in [-0.3, -0.25) is 0 Å². The lowest BCUT2D eigenvalue weighted by atomic mass is 10.0. The fourth-order valence-electron chi connectivity index (χ4n) is 3.04. The third-order valence-corrected chi connectivity index (χ3v) is 4.09. The van der Waals surface area contributed by atoms with Crippen molar-refractivity contribution in [1.29, 1.82) is 0 Å². The Hall–Kier alpha value is -0.900. The van der Waals surface area contributed by atoms with Gasteiger partial charge in [0.05, 0.1) is 6.10 Å². The summed E-state index contributed by atoms with van der Waals surface area (Å²) < 4.78 is 0. The van der Waals surface area contributed by atoms with E-state index < -0.39 is 0 Å². The summed E-state index contributed by atoms with van der Waals surface area (Å²) in [6.07, 6.45) is 0.895. The molecule has 1 fully saturated rings. The molecule has 0 aliphatic carbocycles. The molecule has 0 radical (unpaired) electrons. The molecule has 0 bridgehead atoms. The number of hydrogen-bond donors (Lipinski definition) is 1. The molecular formula is C16H26N2O. The molecule has 1 heterocycles. The number of rotatable bonds is 5. The molecule has 1 N–H and O–H groups in total. The van der Waals surface area contributed by atoms with E-state index in [9.17, 15) is 5.11 Å². The zero-order valence-corrected chi connectivity index (χ0v) is 12.3. The Morgan fingerprint density at radius 1 is 1.42 bits per heavy atom. The zero-order chi connectivity index (χ0) is 13.8. The number of aryl methyl sites for hydroxylation is 1. The first-order valence-corrected chi connectivity index (χ1v) is 7.17. The highest BCUT2D eigenvalue weighted by molar-refractivity contribution is 5.27. The van der Waals surface area contributed by atoms with Crippen LogP contribution in [0.3, 0.4) is 0 Å². The molecule has 1 saturated heterocycles. The number of aliphatic hydroxyl groups excluding tert-OH is 1. The van der Waals surface area contributed by atoms with E-state index in [4.69, 9.17) is 0 Å². The van der Waals surface area contributed by atoms with Crippen molar-refractivity contribution in [3.8, 4) is 0 Å². The highest BCUT2D eigenvalue weighted by Gasteiger charge is 2.22. The van der Waals surface area contributed by atoms with Crippen LogP contribution < -0.4 is 0 Å². The van der Waals surface area contributed by atoms with Crippen LogP contribution in [0.1, 0.15) is 23.7 Å². The average molecular weight is 262 g/mol.